The Balaban J connectivity index is 1.44. The molecule has 0 aliphatic heterocycles. The number of aliphatic carboxylic acids is 1. The molecule has 34 heavy (non-hydrogen) atoms. The van der Waals surface area contributed by atoms with Gasteiger partial charge in [-0.2, -0.15) is 0 Å². The number of ketones is 1. The first-order chi connectivity index (χ1) is 15.9. The van der Waals surface area contributed by atoms with Gasteiger partial charge >= 0.3 is 5.97 Å². The highest BCUT2D eigenvalue weighted by Crippen LogP contribution is 2.67. The Labute approximate surface area is 201 Å². The molecule has 8 nitrogen and oxygen atoms in total. The quantitative estimate of drug-likeness (QED) is 0.508. The standard InChI is InChI=1S/C26H38N2O6/c1-15(23(31)32)27-22(30)14-34-28-18-7-10-24(3)17(13-18)5-6-19-20(24)8-11-25(4)21(19)9-12-26(25,33)16(2)29/h13,15,19-21,33H,5-12,14H2,1-4H3,(H,27,30)(H,31,32)/t15?,19-,20+,21+,24+,25+,26+/m1/s1. The highest BCUT2D eigenvalue weighted by molar-refractivity contribution is 5.96. The summed E-state index contributed by atoms with van der Waals surface area (Å²) in [5, 5.41) is 26.7. The van der Waals surface area contributed by atoms with Crippen LogP contribution in [0.2, 0.25) is 0 Å². The summed E-state index contributed by atoms with van der Waals surface area (Å²) in [5.41, 5.74) is 0.768. The molecule has 0 spiro atoms. The van der Waals surface area contributed by atoms with Gasteiger partial charge in [0.15, 0.2) is 12.4 Å². The van der Waals surface area contributed by atoms with Gasteiger partial charge in [0.1, 0.15) is 11.6 Å². The second kappa shape index (κ2) is 8.77. The molecule has 0 saturated heterocycles. The van der Waals surface area contributed by atoms with Gasteiger partial charge in [0, 0.05) is 5.41 Å². The van der Waals surface area contributed by atoms with Gasteiger partial charge in [0.25, 0.3) is 5.91 Å². The van der Waals surface area contributed by atoms with Crippen LogP contribution in [0.5, 0.6) is 0 Å². The highest BCUT2D eigenvalue weighted by atomic mass is 16.6. The third-order valence-corrected chi connectivity index (χ3v) is 9.84. The number of fused-ring (bicyclic) bond motifs is 5. The number of allylic oxidation sites excluding steroid dienone is 2. The second-order valence-electron chi connectivity index (χ2n) is 11.4. The number of oxime groups is 1. The van der Waals surface area contributed by atoms with E-state index in [9.17, 15) is 19.5 Å². The summed E-state index contributed by atoms with van der Waals surface area (Å²) >= 11 is 0. The Hall–Kier alpha value is -2.22. The first kappa shape index (κ1) is 24.9. The minimum atomic E-state index is -1.18. The van der Waals surface area contributed by atoms with Gasteiger partial charge in [-0.3, -0.25) is 14.4 Å². The number of carbonyl (C=O) groups excluding carboxylic acids is 2. The molecule has 0 aromatic carbocycles. The monoisotopic (exact) mass is 474 g/mol. The Morgan fingerprint density at radius 1 is 1.15 bits per heavy atom. The van der Waals surface area contributed by atoms with Crippen molar-refractivity contribution in [3.8, 4) is 0 Å². The zero-order valence-electron chi connectivity index (χ0n) is 20.7. The topological polar surface area (TPSA) is 125 Å². The Kier molecular flexibility index (Phi) is 6.42. The number of hydrogen-bond acceptors (Lipinski definition) is 6. The lowest BCUT2D eigenvalue weighted by molar-refractivity contribution is -0.159. The van der Waals surface area contributed by atoms with Crippen molar-refractivity contribution in [1.82, 2.24) is 5.32 Å². The van der Waals surface area contributed by atoms with Gasteiger partial charge in [-0.25, -0.2) is 0 Å². The van der Waals surface area contributed by atoms with E-state index < -0.39 is 23.5 Å². The number of carbonyl (C=O) groups is 3. The third-order valence-electron chi connectivity index (χ3n) is 9.84. The van der Waals surface area contributed by atoms with E-state index in [1.165, 1.54) is 12.5 Å². The predicted octanol–water partition coefficient (Wildman–Crippen LogP) is 3.23. The van der Waals surface area contributed by atoms with Crippen LogP contribution in [0, 0.1) is 28.6 Å². The van der Waals surface area contributed by atoms with Crippen LogP contribution in [0.15, 0.2) is 16.8 Å². The van der Waals surface area contributed by atoms with Crippen molar-refractivity contribution in [3.05, 3.63) is 11.6 Å². The number of carboxylic acid groups (broad SMARTS) is 1. The summed E-state index contributed by atoms with van der Waals surface area (Å²) in [6, 6.07) is -0.972. The second-order valence-corrected chi connectivity index (χ2v) is 11.4. The average Bonchev–Trinajstić information content (AvgIpc) is 3.06. The molecule has 7 atom stereocenters. The molecule has 4 aliphatic carbocycles. The van der Waals surface area contributed by atoms with Gasteiger partial charge in [-0.1, -0.05) is 24.6 Å². The Morgan fingerprint density at radius 3 is 2.53 bits per heavy atom. The van der Waals surface area contributed by atoms with Crippen LogP contribution in [0.4, 0.5) is 0 Å². The molecular weight excluding hydrogens is 436 g/mol. The number of hydrogen-bond donors (Lipinski definition) is 3. The minimum Gasteiger partial charge on any atom is -0.480 e. The first-order valence-electron chi connectivity index (χ1n) is 12.6. The molecule has 1 unspecified atom stereocenters. The normalized spacial score (nSPS) is 40.9. The number of carboxylic acids is 1. The number of amides is 1. The molecule has 0 bridgehead atoms. The van der Waals surface area contributed by atoms with Gasteiger partial charge in [-0.15, -0.1) is 0 Å². The molecular formula is C26H38N2O6. The van der Waals surface area contributed by atoms with Crippen molar-refractivity contribution < 1.29 is 29.4 Å². The fourth-order valence-corrected chi connectivity index (χ4v) is 7.76. The molecule has 4 aliphatic rings. The predicted molar refractivity (Wildman–Crippen MR) is 126 cm³/mol. The lowest BCUT2D eigenvalue weighted by Gasteiger charge is -2.59. The molecule has 3 N–H and O–H groups in total. The van der Waals surface area contributed by atoms with E-state index >= 15 is 0 Å². The molecule has 188 valence electrons. The molecule has 1 amide bonds. The van der Waals surface area contributed by atoms with Crippen molar-refractivity contribution in [3.63, 3.8) is 0 Å². The van der Waals surface area contributed by atoms with Gasteiger partial charge in [0.05, 0.1) is 5.71 Å². The Bertz CT molecular complexity index is 944. The maximum Gasteiger partial charge on any atom is 0.325 e. The van der Waals surface area contributed by atoms with Crippen LogP contribution < -0.4 is 5.32 Å². The molecule has 3 saturated carbocycles. The number of Topliss-reactive ketones (excluding diaryl/α,β-unsaturated/α-hetero) is 1. The number of nitrogens with one attached hydrogen (secondary N) is 1. The SMILES string of the molecule is CC(=O)[C@@]1(O)CC[C@H]2[C@@H]3CCC4=CC(=NOCC(=O)NC(C)C(=O)O)CC[C@]4(C)[C@H]3CC[C@@]21C. The van der Waals surface area contributed by atoms with E-state index in [4.69, 9.17) is 9.94 Å². The van der Waals surface area contributed by atoms with Crippen LogP contribution in [0.25, 0.3) is 0 Å². The summed E-state index contributed by atoms with van der Waals surface area (Å²) in [6.45, 7) is 7.14. The van der Waals surface area contributed by atoms with E-state index in [1.54, 1.807) is 6.92 Å². The number of nitrogens with zero attached hydrogens (tertiary/aromatic N) is 1. The van der Waals surface area contributed by atoms with E-state index in [2.05, 4.69) is 30.4 Å². The fourth-order valence-electron chi connectivity index (χ4n) is 7.76. The molecule has 0 aromatic heterocycles. The van der Waals surface area contributed by atoms with Crippen LogP contribution in [0.3, 0.4) is 0 Å². The van der Waals surface area contributed by atoms with Crippen LogP contribution >= 0.6 is 0 Å². The molecule has 8 heteroatoms. The molecule has 0 heterocycles. The van der Waals surface area contributed by atoms with Crippen LogP contribution in [-0.4, -0.2) is 51.8 Å². The summed E-state index contributed by atoms with van der Waals surface area (Å²) < 4.78 is 0. The van der Waals surface area contributed by atoms with E-state index in [-0.39, 0.29) is 23.2 Å². The molecule has 0 radical (unpaired) electrons. The first-order valence-corrected chi connectivity index (χ1v) is 12.6. The molecule has 3 fully saturated rings. The van der Waals surface area contributed by atoms with Crippen molar-refractivity contribution in [1.29, 1.82) is 0 Å². The van der Waals surface area contributed by atoms with Gasteiger partial charge < -0.3 is 20.4 Å². The maximum absolute atomic E-state index is 12.4. The van der Waals surface area contributed by atoms with Crippen molar-refractivity contribution in [2.75, 3.05) is 6.61 Å². The minimum absolute atomic E-state index is 0.0779. The maximum atomic E-state index is 12.4. The van der Waals surface area contributed by atoms with E-state index in [1.807, 2.05) is 0 Å². The van der Waals surface area contributed by atoms with Crippen LogP contribution in [-0.2, 0) is 19.2 Å². The van der Waals surface area contributed by atoms with E-state index in [0.29, 0.717) is 24.2 Å². The van der Waals surface area contributed by atoms with E-state index in [0.717, 1.165) is 50.7 Å². The largest absolute Gasteiger partial charge is 0.480 e. The molecule has 0 aromatic rings. The van der Waals surface area contributed by atoms with Crippen LogP contribution in [0.1, 0.15) is 79.1 Å². The van der Waals surface area contributed by atoms with Crippen molar-refractivity contribution >= 4 is 23.4 Å². The smallest absolute Gasteiger partial charge is 0.325 e. The van der Waals surface area contributed by atoms with Gasteiger partial charge in [-0.05, 0) is 94.5 Å². The zero-order valence-corrected chi connectivity index (χ0v) is 20.7. The average molecular weight is 475 g/mol. The summed E-state index contributed by atoms with van der Waals surface area (Å²) in [7, 11) is 0. The Morgan fingerprint density at radius 2 is 1.85 bits per heavy atom. The summed E-state index contributed by atoms with van der Waals surface area (Å²) in [4.78, 5) is 40.3. The lowest BCUT2D eigenvalue weighted by Crippen LogP contribution is -2.57. The highest BCUT2D eigenvalue weighted by Gasteiger charge is 2.65. The fraction of sp³-hybridized carbons (Fsp3) is 0.769. The summed E-state index contributed by atoms with van der Waals surface area (Å²) in [5.74, 6) is -0.264. The summed E-state index contributed by atoms with van der Waals surface area (Å²) in [6.07, 6.45) is 9.29. The van der Waals surface area contributed by atoms with Gasteiger partial charge in [0.2, 0.25) is 0 Å². The van der Waals surface area contributed by atoms with Crippen molar-refractivity contribution in [2.45, 2.75) is 90.7 Å². The third kappa shape index (κ3) is 3.88. The van der Waals surface area contributed by atoms with Crippen molar-refractivity contribution in [2.24, 2.45) is 33.7 Å². The molecule has 4 rings (SSSR count). The lowest BCUT2D eigenvalue weighted by atomic mass is 9.46. The zero-order chi connectivity index (χ0) is 24.9. The number of rotatable bonds is 6. The number of aliphatic hydroxyl groups is 1.